The summed E-state index contributed by atoms with van der Waals surface area (Å²) in [5.41, 5.74) is 2.13. The maximum atomic E-state index is 10.3. The van der Waals surface area contributed by atoms with Crippen molar-refractivity contribution in [3.63, 3.8) is 0 Å². The van der Waals surface area contributed by atoms with Crippen LogP contribution < -0.4 is 0 Å². The molecule has 23 heavy (non-hydrogen) atoms. The van der Waals surface area contributed by atoms with Crippen molar-refractivity contribution < 1.29 is 15.3 Å². The standard InChI is InChI=1S/C20H32O3/c1-13(10-21)4-3-9-20(12-23)17-8-5-14(2)16-7-6-15(11-22)19(20)18(16)17/h4,6,14,16-19,21-23H,3,5,7-12H2,1-2H3/b13-4+/t14-,16-,17+,18-,19-,20-/m1/s1. The smallest absolute Gasteiger partial charge is 0.0644 e. The molecule has 0 aromatic carbocycles. The zero-order chi connectivity index (χ0) is 16.6. The van der Waals surface area contributed by atoms with E-state index in [0.29, 0.717) is 17.8 Å². The van der Waals surface area contributed by atoms with Crippen LogP contribution in [0, 0.1) is 35.0 Å². The van der Waals surface area contributed by atoms with Gasteiger partial charge in [0.2, 0.25) is 0 Å². The minimum Gasteiger partial charge on any atom is -0.396 e. The van der Waals surface area contributed by atoms with E-state index in [4.69, 9.17) is 0 Å². The molecule has 0 saturated heterocycles. The second kappa shape index (κ2) is 6.70. The highest BCUT2D eigenvalue weighted by Crippen LogP contribution is 2.69. The quantitative estimate of drug-likeness (QED) is 0.660. The van der Waals surface area contributed by atoms with Gasteiger partial charge in [0.15, 0.2) is 0 Å². The Morgan fingerprint density at radius 1 is 1.30 bits per heavy atom. The lowest BCUT2D eigenvalue weighted by Crippen LogP contribution is -2.65. The summed E-state index contributed by atoms with van der Waals surface area (Å²) in [6.45, 7) is 4.81. The van der Waals surface area contributed by atoms with Crippen LogP contribution in [0.5, 0.6) is 0 Å². The fraction of sp³-hybridized carbons (Fsp3) is 0.800. The molecule has 2 fully saturated rings. The number of hydrogen-bond donors (Lipinski definition) is 3. The van der Waals surface area contributed by atoms with Crippen LogP contribution in [0.25, 0.3) is 0 Å². The maximum Gasteiger partial charge on any atom is 0.0644 e. The van der Waals surface area contributed by atoms with Crippen LogP contribution in [0.2, 0.25) is 0 Å². The molecule has 3 heteroatoms. The molecule has 3 N–H and O–H groups in total. The van der Waals surface area contributed by atoms with E-state index in [0.717, 1.165) is 36.7 Å². The summed E-state index contributed by atoms with van der Waals surface area (Å²) in [5, 5.41) is 29.3. The number of aliphatic hydroxyl groups excluding tert-OH is 3. The molecule has 0 aromatic rings. The van der Waals surface area contributed by atoms with E-state index < -0.39 is 0 Å². The van der Waals surface area contributed by atoms with Crippen LogP contribution in [0.4, 0.5) is 0 Å². The highest BCUT2D eigenvalue weighted by Gasteiger charge is 2.65. The molecule has 3 rings (SSSR count). The van der Waals surface area contributed by atoms with Gasteiger partial charge < -0.3 is 15.3 Å². The third-order valence-electron chi connectivity index (χ3n) is 7.25. The first-order valence-electron chi connectivity index (χ1n) is 9.26. The van der Waals surface area contributed by atoms with Crippen molar-refractivity contribution in [2.75, 3.05) is 19.8 Å². The topological polar surface area (TPSA) is 60.7 Å². The summed E-state index contributed by atoms with van der Waals surface area (Å²) >= 11 is 0. The molecule has 0 unspecified atom stereocenters. The molecule has 2 saturated carbocycles. The van der Waals surface area contributed by atoms with Gasteiger partial charge in [-0.15, -0.1) is 0 Å². The molecule has 6 atom stereocenters. The zero-order valence-corrected chi connectivity index (χ0v) is 14.5. The van der Waals surface area contributed by atoms with Crippen molar-refractivity contribution in [2.45, 2.75) is 46.0 Å². The summed E-state index contributed by atoms with van der Waals surface area (Å²) in [4.78, 5) is 0. The second-order valence-electron chi connectivity index (χ2n) is 8.19. The Bertz CT molecular complexity index is 495. The predicted molar refractivity (Wildman–Crippen MR) is 91.7 cm³/mol. The van der Waals surface area contributed by atoms with Crippen molar-refractivity contribution in [3.05, 3.63) is 23.3 Å². The van der Waals surface area contributed by atoms with Gasteiger partial charge in [0, 0.05) is 12.0 Å². The van der Waals surface area contributed by atoms with Crippen LogP contribution in [-0.4, -0.2) is 35.1 Å². The Hall–Kier alpha value is -0.640. The van der Waals surface area contributed by atoms with Crippen LogP contribution in [0.3, 0.4) is 0 Å². The molecule has 130 valence electrons. The molecule has 0 spiro atoms. The van der Waals surface area contributed by atoms with E-state index in [1.54, 1.807) is 0 Å². The Morgan fingerprint density at radius 2 is 2.09 bits per heavy atom. The molecule has 3 aliphatic rings. The average molecular weight is 320 g/mol. The van der Waals surface area contributed by atoms with E-state index in [2.05, 4.69) is 19.1 Å². The largest absolute Gasteiger partial charge is 0.396 e. The van der Waals surface area contributed by atoms with Crippen LogP contribution in [0.1, 0.15) is 46.0 Å². The average Bonchev–Trinajstić information content (AvgIpc) is 2.57. The fourth-order valence-electron chi connectivity index (χ4n) is 6.04. The van der Waals surface area contributed by atoms with Gasteiger partial charge in [0.1, 0.15) is 0 Å². The minimum atomic E-state index is -0.0513. The van der Waals surface area contributed by atoms with E-state index in [-0.39, 0.29) is 25.2 Å². The van der Waals surface area contributed by atoms with E-state index in [1.807, 2.05) is 6.92 Å². The number of rotatable bonds is 6. The minimum absolute atomic E-state index is 0.0513. The van der Waals surface area contributed by atoms with Gasteiger partial charge in [-0.3, -0.25) is 0 Å². The Kier molecular flexibility index (Phi) is 5.01. The van der Waals surface area contributed by atoms with Gasteiger partial charge in [-0.1, -0.05) is 31.1 Å². The molecule has 0 aromatic heterocycles. The van der Waals surface area contributed by atoms with Gasteiger partial charge in [0.25, 0.3) is 0 Å². The van der Waals surface area contributed by atoms with Crippen molar-refractivity contribution >= 4 is 0 Å². The molecular formula is C20H32O3. The SMILES string of the molecule is C/C(=C\CC[C@]1(CO)[C@@H]2C(CO)=CC[C@H]3[C@@H]2[C@@H]1CC[C@H]3C)CO. The van der Waals surface area contributed by atoms with Crippen LogP contribution in [-0.2, 0) is 0 Å². The first-order valence-corrected chi connectivity index (χ1v) is 9.26. The summed E-state index contributed by atoms with van der Waals surface area (Å²) < 4.78 is 0. The molecule has 0 amide bonds. The lowest BCUT2D eigenvalue weighted by molar-refractivity contribution is -0.196. The normalized spacial score (nSPS) is 42.7. The second-order valence-corrected chi connectivity index (χ2v) is 8.19. The monoisotopic (exact) mass is 320 g/mol. The molecule has 0 radical (unpaired) electrons. The first-order chi connectivity index (χ1) is 11.1. The lowest BCUT2D eigenvalue weighted by atomic mass is 9.36. The molecule has 3 aliphatic carbocycles. The summed E-state index contributed by atoms with van der Waals surface area (Å²) in [6.07, 6.45) is 9.85. The number of aliphatic hydroxyl groups is 3. The fourth-order valence-corrected chi connectivity index (χ4v) is 6.04. The molecule has 0 heterocycles. The molecule has 0 aliphatic heterocycles. The van der Waals surface area contributed by atoms with E-state index in [9.17, 15) is 15.3 Å². The molecule has 0 bridgehead atoms. The molecule has 3 nitrogen and oxygen atoms in total. The van der Waals surface area contributed by atoms with Gasteiger partial charge in [-0.2, -0.15) is 0 Å². The van der Waals surface area contributed by atoms with Gasteiger partial charge in [-0.25, -0.2) is 0 Å². The number of hydrogen-bond acceptors (Lipinski definition) is 3. The van der Waals surface area contributed by atoms with E-state index >= 15 is 0 Å². The van der Waals surface area contributed by atoms with Gasteiger partial charge in [-0.05, 0) is 67.8 Å². The zero-order valence-electron chi connectivity index (χ0n) is 14.5. The highest BCUT2D eigenvalue weighted by atomic mass is 16.3. The summed E-state index contributed by atoms with van der Waals surface area (Å²) in [6, 6.07) is 0. The highest BCUT2D eigenvalue weighted by molar-refractivity contribution is 5.28. The van der Waals surface area contributed by atoms with E-state index in [1.165, 1.54) is 18.4 Å². The predicted octanol–water partition coefficient (Wildman–Crippen LogP) is 2.91. The van der Waals surface area contributed by atoms with Gasteiger partial charge in [0.05, 0.1) is 13.2 Å². The van der Waals surface area contributed by atoms with Crippen LogP contribution >= 0.6 is 0 Å². The first kappa shape index (κ1) is 17.2. The molecular weight excluding hydrogens is 288 g/mol. The third-order valence-corrected chi connectivity index (χ3v) is 7.25. The Morgan fingerprint density at radius 3 is 2.74 bits per heavy atom. The lowest BCUT2D eigenvalue weighted by Gasteiger charge is -2.68. The Labute approximate surface area is 140 Å². The van der Waals surface area contributed by atoms with Crippen molar-refractivity contribution in [2.24, 2.45) is 35.0 Å². The van der Waals surface area contributed by atoms with Crippen LogP contribution in [0.15, 0.2) is 23.3 Å². The van der Waals surface area contributed by atoms with Crippen molar-refractivity contribution in [3.8, 4) is 0 Å². The number of allylic oxidation sites excluding steroid dienone is 2. The maximum absolute atomic E-state index is 10.3. The Balaban J connectivity index is 1.85. The summed E-state index contributed by atoms with van der Waals surface area (Å²) in [5.74, 6) is 3.15. The third kappa shape index (κ3) is 2.61. The van der Waals surface area contributed by atoms with Crippen molar-refractivity contribution in [1.29, 1.82) is 0 Å². The summed E-state index contributed by atoms with van der Waals surface area (Å²) in [7, 11) is 0. The van der Waals surface area contributed by atoms with Crippen molar-refractivity contribution in [1.82, 2.24) is 0 Å². The van der Waals surface area contributed by atoms with Gasteiger partial charge >= 0.3 is 0 Å².